The molecule has 7 heteroatoms. The SMILES string of the molecule is COCC1CCCN(C(=O)N2CCN(CC(=O)O)CC2)C1. The van der Waals surface area contributed by atoms with Gasteiger partial charge in [0.1, 0.15) is 0 Å². The van der Waals surface area contributed by atoms with Crippen molar-refractivity contribution in [2.45, 2.75) is 12.8 Å². The summed E-state index contributed by atoms with van der Waals surface area (Å²) in [4.78, 5) is 28.8. The van der Waals surface area contributed by atoms with E-state index in [0.717, 1.165) is 25.9 Å². The molecule has 0 spiro atoms. The van der Waals surface area contributed by atoms with Crippen molar-refractivity contribution in [1.82, 2.24) is 14.7 Å². The minimum Gasteiger partial charge on any atom is -0.480 e. The Hall–Kier alpha value is -1.34. The summed E-state index contributed by atoms with van der Waals surface area (Å²) in [5.41, 5.74) is 0. The standard InChI is InChI=1S/C14H25N3O4/c1-21-11-12-3-2-4-17(9-12)14(20)16-7-5-15(6-8-16)10-13(18)19/h12H,2-11H2,1H3,(H,18,19). The van der Waals surface area contributed by atoms with Crippen LogP contribution in [0.1, 0.15) is 12.8 Å². The number of likely N-dealkylation sites (tertiary alicyclic amines) is 1. The van der Waals surface area contributed by atoms with Gasteiger partial charge in [-0.2, -0.15) is 0 Å². The average molecular weight is 299 g/mol. The molecule has 21 heavy (non-hydrogen) atoms. The molecule has 2 rings (SSSR count). The smallest absolute Gasteiger partial charge is 0.320 e. The fraction of sp³-hybridized carbons (Fsp3) is 0.857. The van der Waals surface area contributed by atoms with Crippen LogP contribution in [-0.4, -0.2) is 91.3 Å². The van der Waals surface area contributed by atoms with Crippen molar-refractivity contribution in [1.29, 1.82) is 0 Å². The fourth-order valence-electron chi connectivity index (χ4n) is 3.10. The van der Waals surface area contributed by atoms with Gasteiger partial charge >= 0.3 is 12.0 Å². The molecule has 120 valence electrons. The molecule has 0 radical (unpaired) electrons. The van der Waals surface area contributed by atoms with Gasteiger partial charge in [-0.15, -0.1) is 0 Å². The lowest BCUT2D eigenvalue weighted by atomic mass is 9.99. The highest BCUT2D eigenvalue weighted by molar-refractivity contribution is 5.75. The molecule has 1 atom stereocenters. The number of hydrogen-bond donors (Lipinski definition) is 1. The number of nitrogens with zero attached hydrogens (tertiary/aromatic N) is 3. The quantitative estimate of drug-likeness (QED) is 0.801. The molecule has 2 aliphatic rings. The summed E-state index contributed by atoms with van der Waals surface area (Å²) in [6, 6.07) is 0.0887. The number of urea groups is 1. The van der Waals surface area contributed by atoms with Crippen LogP contribution >= 0.6 is 0 Å². The van der Waals surface area contributed by atoms with Gasteiger partial charge in [-0.05, 0) is 12.8 Å². The number of piperidine rings is 1. The molecule has 7 nitrogen and oxygen atoms in total. The monoisotopic (exact) mass is 299 g/mol. The van der Waals surface area contributed by atoms with Crippen LogP contribution in [-0.2, 0) is 9.53 Å². The van der Waals surface area contributed by atoms with Crippen molar-refractivity contribution >= 4 is 12.0 Å². The van der Waals surface area contributed by atoms with E-state index in [1.54, 1.807) is 7.11 Å². The molecule has 2 amide bonds. The highest BCUT2D eigenvalue weighted by atomic mass is 16.5. The Morgan fingerprint density at radius 2 is 1.86 bits per heavy atom. The molecule has 2 heterocycles. The van der Waals surface area contributed by atoms with Crippen LogP contribution in [0, 0.1) is 5.92 Å². The maximum Gasteiger partial charge on any atom is 0.320 e. The minimum atomic E-state index is -0.812. The highest BCUT2D eigenvalue weighted by Gasteiger charge is 2.29. The number of ether oxygens (including phenoxy) is 1. The molecule has 0 aromatic heterocycles. The van der Waals surface area contributed by atoms with Gasteiger partial charge in [0.05, 0.1) is 13.2 Å². The Balaban J connectivity index is 1.80. The summed E-state index contributed by atoms with van der Waals surface area (Å²) in [5.74, 6) is -0.380. The second-order valence-corrected chi connectivity index (χ2v) is 5.85. The molecule has 0 aliphatic carbocycles. The Bertz CT molecular complexity index is 367. The van der Waals surface area contributed by atoms with Crippen LogP contribution in [0.5, 0.6) is 0 Å². The van der Waals surface area contributed by atoms with E-state index in [4.69, 9.17) is 9.84 Å². The maximum absolute atomic E-state index is 12.5. The molecule has 2 saturated heterocycles. The average Bonchev–Trinajstić information content (AvgIpc) is 2.47. The number of aliphatic carboxylic acids is 1. The second-order valence-electron chi connectivity index (χ2n) is 5.85. The number of carbonyl (C=O) groups is 2. The van der Waals surface area contributed by atoms with Gasteiger partial charge in [0.15, 0.2) is 0 Å². The fourth-order valence-corrected chi connectivity index (χ4v) is 3.10. The molecule has 0 aromatic rings. The maximum atomic E-state index is 12.5. The van der Waals surface area contributed by atoms with Crippen LogP contribution in [0.25, 0.3) is 0 Å². The van der Waals surface area contributed by atoms with E-state index in [-0.39, 0.29) is 12.6 Å². The third kappa shape index (κ3) is 4.57. The summed E-state index contributed by atoms with van der Waals surface area (Å²) >= 11 is 0. The van der Waals surface area contributed by atoms with Crippen LogP contribution in [0.4, 0.5) is 4.79 Å². The van der Waals surface area contributed by atoms with Gasteiger partial charge in [-0.25, -0.2) is 4.79 Å². The Labute approximate surface area is 125 Å². The zero-order valence-electron chi connectivity index (χ0n) is 12.7. The van der Waals surface area contributed by atoms with Gasteiger partial charge < -0.3 is 19.6 Å². The summed E-state index contributed by atoms with van der Waals surface area (Å²) in [6.07, 6.45) is 2.14. The number of methoxy groups -OCH3 is 1. The normalized spacial score (nSPS) is 24.1. The summed E-state index contributed by atoms with van der Waals surface area (Å²) < 4.78 is 5.19. The van der Waals surface area contributed by atoms with Gasteiger partial charge in [0.2, 0.25) is 0 Å². The largest absolute Gasteiger partial charge is 0.480 e. The Kier molecular flexibility index (Phi) is 5.81. The third-order valence-corrected chi connectivity index (χ3v) is 4.19. The van der Waals surface area contributed by atoms with E-state index >= 15 is 0 Å². The van der Waals surface area contributed by atoms with Crippen LogP contribution in [0.15, 0.2) is 0 Å². The van der Waals surface area contributed by atoms with E-state index in [0.29, 0.717) is 38.7 Å². The number of carbonyl (C=O) groups excluding carboxylic acids is 1. The van der Waals surface area contributed by atoms with E-state index < -0.39 is 5.97 Å². The lowest BCUT2D eigenvalue weighted by Crippen LogP contribution is -2.55. The molecule has 1 unspecified atom stereocenters. The van der Waals surface area contributed by atoms with Crippen molar-refractivity contribution in [3.05, 3.63) is 0 Å². The van der Waals surface area contributed by atoms with Gasteiger partial charge in [-0.1, -0.05) is 0 Å². The van der Waals surface area contributed by atoms with E-state index in [9.17, 15) is 9.59 Å². The van der Waals surface area contributed by atoms with Crippen molar-refractivity contribution in [3.63, 3.8) is 0 Å². The summed E-state index contributed by atoms with van der Waals surface area (Å²) in [5, 5.41) is 8.78. The first-order valence-electron chi connectivity index (χ1n) is 7.57. The number of piperazine rings is 1. The molecule has 1 N–H and O–H groups in total. The zero-order chi connectivity index (χ0) is 15.2. The Morgan fingerprint density at radius 3 is 2.48 bits per heavy atom. The molecule has 0 saturated carbocycles. The highest BCUT2D eigenvalue weighted by Crippen LogP contribution is 2.18. The summed E-state index contributed by atoms with van der Waals surface area (Å²) in [7, 11) is 1.70. The van der Waals surface area contributed by atoms with Crippen molar-refractivity contribution in [3.8, 4) is 0 Å². The van der Waals surface area contributed by atoms with Crippen LogP contribution in [0.3, 0.4) is 0 Å². The van der Waals surface area contributed by atoms with E-state index in [1.165, 1.54) is 0 Å². The van der Waals surface area contributed by atoms with Crippen LogP contribution in [0.2, 0.25) is 0 Å². The number of carboxylic acids is 1. The molecule has 0 aromatic carbocycles. The third-order valence-electron chi connectivity index (χ3n) is 4.19. The van der Waals surface area contributed by atoms with E-state index in [1.807, 2.05) is 14.7 Å². The first-order chi connectivity index (χ1) is 10.1. The van der Waals surface area contributed by atoms with E-state index in [2.05, 4.69) is 0 Å². The number of hydrogen-bond acceptors (Lipinski definition) is 4. The van der Waals surface area contributed by atoms with Gasteiger partial charge in [-0.3, -0.25) is 9.69 Å². The molecular formula is C14H25N3O4. The molecular weight excluding hydrogens is 274 g/mol. The van der Waals surface area contributed by atoms with Crippen molar-refractivity contribution < 1.29 is 19.4 Å². The first kappa shape index (κ1) is 16.0. The summed E-state index contributed by atoms with van der Waals surface area (Å²) in [6.45, 7) is 4.82. The van der Waals surface area contributed by atoms with Gasteiger partial charge in [0.25, 0.3) is 0 Å². The topological polar surface area (TPSA) is 73.3 Å². The predicted octanol–water partition coefficient (Wildman–Crippen LogP) is 0.167. The van der Waals surface area contributed by atoms with Crippen molar-refractivity contribution in [2.75, 3.05) is 59.5 Å². The zero-order valence-corrected chi connectivity index (χ0v) is 12.7. The number of amides is 2. The van der Waals surface area contributed by atoms with Crippen LogP contribution < -0.4 is 0 Å². The first-order valence-corrected chi connectivity index (χ1v) is 7.57. The second kappa shape index (κ2) is 7.61. The lowest BCUT2D eigenvalue weighted by molar-refractivity contribution is -0.138. The minimum absolute atomic E-state index is 0.0572. The number of carboxylic acid groups (broad SMARTS) is 1. The molecule has 2 aliphatic heterocycles. The lowest BCUT2D eigenvalue weighted by Gasteiger charge is -2.39. The predicted molar refractivity (Wildman–Crippen MR) is 77.2 cm³/mol. The molecule has 2 fully saturated rings. The Morgan fingerprint density at radius 1 is 1.14 bits per heavy atom. The van der Waals surface area contributed by atoms with Crippen molar-refractivity contribution in [2.24, 2.45) is 5.92 Å². The number of rotatable bonds is 4. The van der Waals surface area contributed by atoms with Gasteiger partial charge in [0, 0.05) is 52.3 Å². The molecule has 0 bridgehead atoms.